The maximum Gasteiger partial charge on any atom is 0.247 e. The number of hydrogen-bond acceptors (Lipinski definition) is 3. The molecule has 5 nitrogen and oxygen atoms in total. The van der Waals surface area contributed by atoms with Crippen LogP contribution in [0.25, 0.3) is 0 Å². The molecule has 5 heteroatoms. The van der Waals surface area contributed by atoms with Crippen LogP contribution in [0.1, 0.15) is 23.6 Å². The first kappa shape index (κ1) is 18.7. The molecule has 2 aromatic carbocycles. The number of nitrogens with one attached hydrogen (secondary N) is 1. The van der Waals surface area contributed by atoms with Crippen LogP contribution in [0.5, 0.6) is 0 Å². The van der Waals surface area contributed by atoms with Gasteiger partial charge in [0.1, 0.15) is 5.54 Å². The van der Waals surface area contributed by atoms with Gasteiger partial charge in [0.05, 0.1) is 6.54 Å². The molecule has 2 rings (SSSR count). The summed E-state index contributed by atoms with van der Waals surface area (Å²) in [5, 5.41) is 2.85. The number of benzene rings is 2. The lowest BCUT2D eigenvalue weighted by Gasteiger charge is -2.29. The van der Waals surface area contributed by atoms with Crippen molar-refractivity contribution < 1.29 is 9.59 Å². The van der Waals surface area contributed by atoms with E-state index in [-0.39, 0.29) is 18.4 Å². The molecule has 0 aliphatic rings. The highest BCUT2D eigenvalue weighted by molar-refractivity contribution is 5.96. The highest BCUT2D eigenvalue weighted by Crippen LogP contribution is 2.20. The van der Waals surface area contributed by atoms with Gasteiger partial charge in [-0.3, -0.25) is 9.59 Å². The summed E-state index contributed by atoms with van der Waals surface area (Å²) in [5.41, 5.74) is 8.62. The predicted molar refractivity (Wildman–Crippen MR) is 100 cm³/mol. The molecule has 0 bridgehead atoms. The lowest BCUT2D eigenvalue weighted by Crippen LogP contribution is -2.51. The SMILES string of the molecule is Cc1cccc(NC(=O)CN(C)C(=O)C(C)(N)c2ccccc2)c1C. The Morgan fingerprint density at radius 1 is 1.08 bits per heavy atom. The summed E-state index contributed by atoms with van der Waals surface area (Å²) < 4.78 is 0. The van der Waals surface area contributed by atoms with Crippen LogP contribution in [-0.2, 0) is 15.1 Å². The van der Waals surface area contributed by atoms with Crippen molar-refractivity contribution >= 4 is 17.5 Å². The minimum atomic E-state index is -1.18. The Balaban J connectivity index is 2.05. The average Bonchev–Trinajstić information content (AvgIpc) is 2.59. The fourth-order valence-corrected chi connectivity index (χ4v) is 2.67. The normalized spacial score (nSPS) is 13.0. The Morgan fingerprint density at radius 2 is 1.72 bits per heavy atom. The van der Waals surface area contributed by atoms with E-state index in [0.717, 1.165) is 16.8 Å². The van der Waals surface area contributed by atoms with Crippen LogP contribution in [0.3, 0.4) is 0 Å². The van der Waals surface area contributed by atoms with E-state index in [1.807, 2.05) is 62.4 Å². The number of anilines is 1. The van der Waals surface area contributed by atoms with Crippen LogP contribution in [0.4, 0.5) is 5.69 Å². The molecule has 2 amide bonds. The Bertz CT molecular complexity index is 770. The number of hydrogen-bond donors (Lipinski definition) is 2. The average molecular weight is 339 g/mol. The number of nitrogens with zero attached hydrogens (tertiary/aromatic N) is 1. The smallest absolute Gasteiger partial charge is 0.247 e. The second-order valence-electron chi connectivity index (χ2n) is 6.53. The molecule has 0 aliphatic heterocycles. The molecule has 0 fully saturated rings. The zero-order valence-electron chi connectivity index (χ0n) is 15.2. The maximum absolute atomic E-state index is 12.7. The molecule has 0 saturated heterocycles. The van der Waals surface area contributed by atoms with Crippen LogP contribution in [-0.4, -0.2) is 30.3 Å². The molecule has 0 heterocycles. The molecule has 25 heavy (non-hydrogen) atoms. The van der Waals surface area contributed by atoms with E-state index in [0.29, 0.717) is 5.56 Å². The minimum absolute atomic E-state index is 0.0637. The van der Waals surface area contributed by atoms with Crippen LogP contribution in [0.2, 0.25) is 0 Å². The number of nitrogens with two attached hydrogens (primary N) is 1. The molecule has 2 aromatic rings. The summed E-state index contributed by atoms with van der Waals surface area (Å²) in [7, 11) is 1.58. The van der Waals surface area contributed by atoms with Crippen molar-refractivity contribution in [3.8, 4) is 0 Å². The molecular formula is C20H25N3O2. The summed E-state index contributed by atoms with van der Waals surface area (Å²) in [6.45, 7) is 5.53. The first-order valence-electron chi connectivity index (χ1n) is 8.19. The van der Waals surface area contributed by atoms with E-state index in [4.69, 9.17) is 5.73 Å². The molecule has 0 aromatic heterocycles. The summed E-state index contributed by atoms with van der Waals surface area (Å²) in [4.78, 5) is 26.4. The lowest BCUT2D eigenvalue weighted by molar-refractivity contribution is -0.138. The van der Waals surface area contributed by atoms with Gasteiger partial charge in [-0.2, -0.15) is 0 Å². The van der Waals surface area contributed by atoms with Gasteiger partial charge in [-0.25, -0.2) is 0 Å². The van der Waals surface area contributed by atoms with E-state index in [1.54, 1.807) is 14.0 Å². The van der Waals surface area contributed by atoms with Gasteiger partial charge < -0.3 is 16.0 Å². The third-order valence-electron chi connectivity index (χ3n) is 4.42. The maximum atomic E-state index is 12.7. The minimum Gasteiger partial charge on any atom is -0.335 e. The number of aryl methyl sites for hydroxylation is 1. The molecule has 0 aliphatic carbocycles. The van der Waals surface area contributed by atoms with Crippen LogP contribution in [0, 0.1) is 13.8 Å². The Kier molecular flexibility index (Phi) is 5.59. The fourth-order valence-electron chi connectivity index (χ4n) is 2.67. The van der Waals surface area contributed by atoms with Gasteiger partial charge in [-0.1, -0.05) is 42.5 Å². The van der Waals surface area contributed by atoms with Crippen LogP contribution < -0.4 is 11.1 Å². The summed E-state index contributed by atoms with van der Waals surface area (Å²) in [6, 6.07) is 14.9. The van der Waals surface area contributed by atoms with Gasteiger partial charge in [-0.05, 0) is 43.5 Å². The lowest BCUT2D eigenvalue weighted by atomic mass is 9.92. The second kappa shape index (κ2) is 7.49. The number of likely N-dealkylation sites (N-methyl/N-ethyl adjacent to an activating group) is 1. The molecule has 1 unspecified atom stereocenters. The first-order chi connectivity index (χ1) is 11.7. The van der Waals surface area contributed by atoms with Crippen molar-refractivity contribution in [3.63, 3.8) is 0 Å². The number of amides is 2. The fraction of sp³-hybridized carbons (Fsp3) is 0.300. The zero-order chi connectivity index (χ0) is 18.6. The predicted octanol–water partition coefficient (Wildman–Crippen LogP) is 2.57. The van der Waals surface area contributed by atoms with Crippen molar-refractivity contribution in [2.75, 3.05) is 18.9 Å². The molecule has 0 spiro atoms. The van der Waals surface area contributed by atoms with Gasteiger partial charge in [-0.15, -0.1) is 0 Å². The third kappa shape index (κ3) is 4.25. The van der Waals surface area contributed by atoms with Crippen molar-refractivity contribution in [2.24, 2.45) is 5.73 Å². The molecule has 3 N–H and O–H groups in total. The molecule has 1 atom stereocenters. The van der Waals surface area contributed by atoms with E-state index in [9.17, 15) is 9.59 Å². The highest BCUT2D eigenvalue weighted by Gasteiger charge is 2.33. The summed E-state index contributed by atoms with van der Waals surface area (Å²) in [5.74, 6) is -0.566. The summed E-state index contributed by atoms with van der Waals surface area (Å²) >= 11 is 0. The number of rotatable bonds is 5. The third-order valence-corrected chi connectivity index (χ3v) is 4.42. The molecule has 132 valence electrons. The van der Waals surface area contributed by atoms with Crippen LogP contribution in [0.15, 0.2) is 48.5 Å². The Hall–Kier alpha value is -2.66. The summed E-state index contributed by atoms with van der Waals surface area (Å²) in [6.07, 6.45) is 0. The zero-order valence-corrected chi connectivity index (χ0v) is 15.2. The van der Waals surface area contributed by atoms with Crippen molar-refractivity contribution in [1.29, 1.82) is 0 Å². The van der Waals surface area contributed by atoms with Crippen molar-refractivity contribution in [3.05, 3.63) is 65.2 Å². The standard InChI is InChI=1S/C20H25N3O2/c1-14-9-8-12-17(15(14)2)22-18(24)13-23(4)19(25)20(3,21)16-10-6-5-7-11-16/h5-12H,13,21H2,1-4H3,(H,22,24). The first-order valence-corrected chi connectivity index (χ1v) is 8.19. The number of carbonyl (C=O) groups is 2. The van der Waals surface area contributed by atoms with E-state index in [2.05, 4.69) is 5.32 Å². The Morgan fingerprint density at radius 3 is 2.36 bits per heavy atom. The van der Waals surface area contributed by atoms with E-state index in [1.165, 1.54) is 4.90 Å². The topological polar surface area (TPSA) is 75.4 Å². The number of carbonyl (C=O) groups excluding carboxylic acids is 2. The van der Waals surface area contributed by atoms with Gasteiger partial charge >= 0.3 is 0 Å². The largest absolute Gasteiger partial charge is 0.335 e. The van der Waals surface area contributed by atoms with Crippen molar-refractivity contribution in [1.82, 2.24) is 4.90 Å². The monoisotopic (exact) mass is 339 g/mol. The molecular weight excluding hydrogens is 314 g/mol. The van der Waals surface area contributed by atoms with Crippen molar-refractivity contribution in [2.45, 2.75) is 26.3 Å². The quantitative estimate of drug-likeness (QED) is 0.879. The van der Waals surface area contributed by atoms with E-state index < -0.39 is 5.54 Å². The Labute approximate surface area is 148 Å². The highest BCUT2D eigenvalue weighted by atomic mass is 16.2. The molecule has 0 saturated carbocycles. The van der Waals surface area contributed by atoms with Gasteiger partial charge in [0.25, 0.3) is 0 Å². The van der Waals surface area contributed by atoms with E-state index >= 15 is 0 Å². The van der Waals surface area contributed by atoms with Gasteiger partial charge in [0.15, 0.2) is 0 Å². The van der Waals surface area contributed by atoms with Crippen LogP contribution >= 0.6 is 0 Å². The second-order valence-corrected chi connectivity index (χ2v) is 6.53. The molecule has 0 radical (unpaired) electrons. The van der Waals surface area contributed by atoms with Gasteiger partial charge in [0, 0.05) is 12.7 Å². The van der Waals surface area contributed by atoms with Gasteiger partial charge in [0.2, 0.25) is 11.8 Å².